The molecule has 7 heteroatoms. The molecule has 1 amide bonds. The lowest BCUT2D eigenvalue weighted by Gasteiger charge is -2.17. The summed E-state index contributed by atoms with van der Waals surface area (Å²) in [7, 11) is 1.51. The number of aromatic nitrogens is 1. The van der Waals surface area contributed by atoms with Crippen LogP contribution in [0.4, 0.5) is 0 Å². The molecule has 0 fully saturated rings. The van der Waals surface area contributed by atoms with Crippen LogP contribution in [0.5, 0.6) is 0 Å². The number of rotatable bonds is 6. The van der Waals surface area contributed by atoms with E-state index in [9.17, 15) is 14.4 Å². The van der Waals surface area contributed by atoms with Crippen molar-refractivity contribution in [3.05, 3.63) is 105 Å². The number of amides is 1. The van der Waals surface area contributed by atoms with Crippen LogP contribution in [-0.4, -0.2) is 23.1 Å². The van der Waals surface area contributed by atoms with Crippen molar-refractivity contribution in [2.24, 2.45) is 7.05 Å². The fourth-order valence-corrected chi connectivity index (χ4v) is 3.79. The molecule has 0 aliphatic rings. The van der Waals surface area contributed by atoms with E-state index in [2.05, 4.69) is 5.32 Å². The quantitative estimate of drug-likeness (QED) is 0.434. The Morgan fingerprint density at radius 2 is 1.55 bits per heavy atom. The van der Waals surface area contributed by atoms with Crippen molar-refractivity contribution in [1.82, 2.24) is 9.88 Å². The molecule has 0 unspecified atom stereocenters. The van der Waals surface area contributed by atoms with Crippen molar-refractivity contribution in [3.63, 3.8) is 0 Å². The van der Waals surface area contributed by atoms with Crippen molar-refractivity contribution >= 4 is 34.2 Å². The zero-order valence-corrected chi connectivity index (χ0v) is 18.6. The summed E-state index contributed by atoms with van der Waals surface area (Å²) in [5, 5.41) is 4.35. The van der Waals surface area contributed by atoms with Gasteiger partial charge in [-0.3, -0.25) is 9.59 Å². The van der Waals surface area contributed by atoms with E-state index < -0.39 is 18.5 Å². The van der Waals surface area contributed by atoms with Gasteiger partial charge in [-0.15, -0.1) is 0 Å². The van der Waals surface area contributed by atoms with Gasteiger partial charge in [0, 0.05) is 29.6 Å². The summed E-state index contributed by atoms with van der Waals surface area (Å²) in [6.45, 7) is -0.144. The Balaban J connectivity index is 1.65. The van der Waals surface area contributed by atoms with E-state index in [0.717, 1.165) is 5.56 Å². The van der Waals surface area contributed by atoms with Gasteiger partial charge in [-0.05, 0) is 34.7 Å². The van der Waals surface area contributed by atoms with Crippen LogP contribution in [0.15, 0.2) is 83.7 Å². The first kappa shape index (κ1) is 22.3. The second kappa shape index (κ2) is 9.71. The molecule has 0 atom stereocenters. The maximum atomic E-state index is 13.1. The average Bonchev–Trinajstić information content (AvgIpc) is 2.84. The predicted octanol–water partition coefficient (Wildman–Crippen LogP) is 4.33. The van der Waals surface area contributed by atoms with Crippen LogP contribution in [0, 0.1) is 0 Å². The summed E-state index contributed by atoms with van der Waals surface area (Å²) in [5.74, 6) is -1.20. The zero-order chi connectivity index (χ0) is 23.4. The number of pyridine rings is 1. The highest BCUT2D eigenvalue weighted by Crippen LogP contribution is 2.31. The van der Waals surface area contributed by atoms with E-state index in [1.54, 1.807) is 48.5 Å². The first-order chi connectivity index (χ1) is 16.0. The van der Waals surface area contributed by atoms with Gasteiger partial charge in [-0.1, -0.05) is 72.3 Å². The van der Waals surface area contributed by atoms with Crippen molar-refractivity contribution in [2.45, 2.75) is 6.54 Å². The summed E-state index contributed by atoms with van der Waals surface area (Å²) in [6.07, 6.45) is 0. The summed E-state index contributed by atoms with van der Waals surface area (Å²) >= 11 is 6.04. The first-order valence-corrected chi connectivity index (χ1v) is 10.7. The third-order valence-electron chi connectivity index (χ3n) is 5.30. The summed E-state index contributed by atoms with van der Waals surface area (Å²) in [5.41, 5.74) is 1.91. The highest BCUT2D eigenvalue weighted by molar-refractivity contribution is 6.30. The van der Waals surface area contributed by atoms with E-state index in [1.165, 1.54) is 11.6 Å². The number of fused-ring (bicyclic) bond motifs is 1. The molecule has 1 heterocycles. The van der Waals surface area contributed by atoms with Crippen LogP contribution in [0.2, 0.25) is 5.02 Å². The minimum Gasteiger partial charge on any atom is -0.451 e. The average molecular weight is 461 g/mol. The summed E-state index contributed by atoms with van der Waals surface area (Å²) < 4.78 is 6.57. The highest BCUT2D eigenvalue weighted by Gasteiger charge is 2.23. The minimum absolute atomic E-state index is 0.0666. The number of esters is 1. The molecule has 0 aliphatic carbocycles. The fraction of sp³-hybridized carbons (Fsp3) is 0.115. The molecule has 4 aromatic rings. The van der Waals surface area contributed by atoms with Crippen molar-refractivity contribution in [1.29, 1.82) is 0 Å². The summed E-state index contributed by atoms with van der Waals surface area (Å²) in [6, 6.07) is 23.4. The Morgan fingerprint density at radius 1 is 0.909 bits per heavy atom. The third kappa shape index (κ3) is 4.81. The van der Waals surface area contributed by atoms with Gasteiger partial charge in [0.05, 0.1) is 0 Å². The van der Waals surface area contributed by atoms with Gasteiger partial charge in [-0.2, -0.15) is 0 Å². The van der Waals surface area contributed by atoms with E-state index in [4.69, 9.17) is 16.3 Å². The van der Waals surface area contributed by atoms with Gasteiger partial charge in [0.25, 0.3) is 11.5 Å². The van der Waals surface area contributed by atoms with Gasteiger partial charge in [0.2, 0.25) is 0 Å². The van der Waals surface area contributed by atoms with Crippen LogP contribution in [-0.2, 0) is 23.1 Å². The molecule has 3 aromatic carbocycles. The van der Waals surface area contributed by atoms with Crippen LogP contribution in [0.3, 0.4) is 0 Å². The third-order valence-corrected chi connectivity index (χ3v) is 5.55. The molecule has 0 radical (unpaired) electrons. The van der Waals surface area contributed by atoms with E-state index in [-0.39, 0.29) is 11.3 Å². The Bertz CT molecular complexity index is 1380. The molecular weight excluding hydrogens is 440 g/mol. The zero-order valence-electron chi connectivity index (χ0n) is 17.9. The lowest BCUT2D eigenvalue weighted by molar-refractivity contribution is -0.124. The normalized spacial score (nSPS) is 10.7. The minimum atomic E-state index is -0.764. The number of hydrogen-bond acceptors (Lipinski definition) is 4. The van der Waals surface area contributed by atoms with Gasteiger partial charge >= 0.3 is 5.97 Å². The van der Waals surface area contributed by atoms with E-state index >= 15 is 0 Å². The van der Waals surface area contributed by atoms with Crippen molar-refractivity contribution in [2.75, 3.05) is 6.61 Å². The second-order valence-corrected chi connectivity index (χ2v) is 7.92. The molecule has 0 bridgehead atoms. The standard InChI is InChI=1S/C26H21ClN2O4/c1-29-24(26(32)33-16-22(30)28-15-17-7-3-2-4-8-17)23(18-11-13-19(27)14-12-18)20-9-5-6-10-21(20)25(29)31/h2-14H,15-16H2,1H3,(H,28,30). The topological polar surface area (TPSA) is 77.4 Å². The molecular formula is C26H21ClN2O4. The second-order valence-electron chi connectivity index (χ2n) is 7.48. The van der Waals surface area contributed by atoms with Crippen LogP contribution in [0.25, 0.3) is 21.9 Å². The largest absolute Gasteiger partial charge is 0.451 e. The Hall–Kier alpha value is -3.90. The van der Waals surface area contributed by atoms with Crippen molar-refractivity contribution < 1.29 is 14.3 Å². The lowest BCUT2D eigenvalue weighted by atomic mass is 9.97. The molecule has 166 valence electrons. The number of benzene rings is 3. The van der Waals surface area contributed by atoms with Crippen molar-refractivity contribution in [3.8, 4) is 11.1 Å². The molecule has 0 saturated carbocycles. The number of halogens is 1. The number of nitrogens with one attached hydrogen (secondary N) is 1. The van der Waals surface area contributed by atoms with Gasteiger partial charge in [0.15, 0.2) is 6.61 Å². The predicted molar refractivity (Wildman–Crippen MR) is 128 cm³/mol. The Kier molecular flexibility index (Phi) is 6.56. The molecule has 1 aromatic heterocycles. The molecule has 0 aliphatic heterocycles. The fourth-order valence-electron chi connectivity index (χ4n) is 3.66. The van der Waals surface area contributed by atoms with E-state index in [1.807, 2.05) is 30.3 Å². The number of hydrogen-bond donors (Lipinski definition) is 1. The van der Waals surface area contributed by atoms with Gasteiger partial charge in [-0.25, -0.2) is 4.79 Å². The smallest absolute Gasteiger partial charge is 0.356 e. The number of ether oxygens (including phenoxy) is 1. The molecule has 0 spiro atoms. The highest BCUT2D eigenvalue weighted by atomic mass is 35.5. The maximum Gasteiger partial charge on any atom is 0.356 e. The SMILES string of the molecule is Cn1c(C(=O)OCC(=O)NCc2ccccc2)c(-c2ccc(Cl)cc2)c2ccccc2c1=O. The number of nitrogens with zero attached hydrogens (tertiary/aromatic N) is 1. The van der Waals surface area contributed by atoms with Gasteiger partial charge in [0.1, 0.15) is 5.69 Å². The number of carbonyl (C=O) groups excluding carboxylic acids is 2. The number of carbonyl (C=O) groups is 2. The molecule has 1 N–H and O–H groups in total. The van der Waals surface area contributed by atoms with Crippen LogP contribution >= 0.6 is 11.6 Å². The summed E-state index contributed by atoms with van der Waals surface area (Å²) in [4.78, 5) is 38.3. The molecule has 0 saturated heterocycles. The van der Waals surface area contributed by atoms with Crippen LogP contribution < -0.4 is 10.9 Å². The Morgan fingerprint density at radius 3 is 2.24 bits per heavy atom. The van der Waals surface area contributed by atoms with E-state index in [0.29, 0.717) is 33.5 Å². The Labute approximate surface area is 195 Å². The van der Waals surface area contributed by atoms with Gasteiger partial charge < -0.3 is 14.6 Å². The molecule has 6 nitrogen and oxygen atoms in total. The first-order valence-electron chi connectivity index (χ1n) is 10.3. The van der Waals surface area contributed by atoms with Crippen LogP contribution in [0.1, 0.15) is 16.1 Å². The maximum absolute atomic E-state index is 13.1. The lowest BCUT2D eigenvalue weighted by Crippen LogP contribution is -2.30. The molecule has 33 heavy (non-hydrogen) atoms. The monoisotopic (exact) mass is 460 g/mol. The molecule has 4 rings (SSSR count).